The molecule has 16 nitrogen and oxygen atoms in total. The van der Waals surface area contributed by atoms with Crippen molar-refractivity contribution >= 4 is 19.2 Å². The monoisotopic (exact) mass is 810 g/mol. The van der Waals surface area contributed by atoms with Gasteiger partial charge in [0.1, 0.15) is 36.1 Å². The molecule has 0 radical (unpaired) electrons. The molecular formula is C40H57N7O9P-. The van der Waals surface area contributed by atoms with Gasteiger partial charge in [-0.15, -0.1) is 0 Å². The van der Waals surface area contributed by atoms with Crippen molar-refractivity contribution < 1.29 is 42.9 Å². The van der Waals surface area contributed by atoms with Crippen molar-refractivity contribution in [2.45, 2.75) is 145 Å². The molecule has 5 rings (SSSR count). The second kappa shape index (κ2) is 21.3. The molecule has 3 N–H and O–H groups in total. The number of rotatable bonds is 28. The Morgan fingerprint density at radius 3 is 2.21 bits per heavy atom. The van der Waals surface area contributed by atoms with Crippen LogP contribution >= 0.6 is 7.82 Å². The van der Waals surface area contributed by atoms with Gasteiger partial charge in [-0.25, -0.2) is 14.1 Å². The van der Waals surface area contributed by atoms with Crippen LogP contribution in [-0.2, 0) is 23.1 Å². The number of unbranched alkanes of at least 4 members (excludes halogenated alkanes) is 15. The Labute approximate surface area is 335 Å². The van der Waals surface area contributed by atoms with Crippen molar-refractivity contribution in [2.24, 2.45) is 0 Å². The lowest BCUT2D eigenvalue weighted by molar-refractivity contribution is -0.0761. The fourth-order valence-corrected chi connectivity index (χ4v) is 8.46. The minimum atomic E-state index is -5.00. The number of pyridine rings is 1. The van der Waals surface area contributed by atoms with Gasteiger partial charge < -0.3 is 39.6 Å². The van der Waals surface area contributed by atoms with E-state index in [0.717, 1.165) is 19.3 Å². The zero-order valence-corrected chi connectivity index (χ0v) is 34.0. The minimum Gasteiger partial charge on any atom is -0.469 e. The van der Waals surface area contributed by atoms with Crippen LogP contribution in [0.3, 0.4) is 0 Å². The number of phosphoric acid groups is 1. The second-order valence-electron chi connectivity index (χ2n) is 14.9. The first kappa shape index (κ1) is 44.4. The summed E-state index contributed by atoms with van der Waals surface area (Å²) in [6.07, 6.45) is 15.8. The van der Waals surface area contributed by atoms with Gasteiger partial charge >= 0.3 is 7.82 Å². The molecular weight excluding hydrogens is 753 g/mol. The van der Waals surface area contributed by atoms with Crippen molar-refractivity contribution in [1.82, 2.24) is 19.6 Å². The third-order valence-electron chi connectivity index (χ3n) is 10.7. The van der Waals surface area contributed by atoms with E-state index in [2.05, 4.69) is 27.3 Å². The number of phosphoric ester groups is 1. The van der Waals surface area contributed by atoms with Crippen LogP contribution in [0.15, 0.2) is 36.7 Å². The first-order valence-electron chi connectivity index (χ1n) is 20.3. The summed E-state index contributed by atoms with van der Waals surface area (Å²) < 4.78 is 42.8. The fraction of sp³-hybridized carbons (Fsp3) is 0.675. The van der Waals surface area contributed by atoms with Gasteiger partial charge in [-0.2, -0.15) is 15.6 Å². The van der Waals surface area contributed by atoms with E-state index < -0.39 is 50.0 Å². The Balaban J connectivity index is 1.05. The number of hydrogen-bond acceptors (Lipinski definition) is 13. The van der Waals surface area contributed by atoms with E-state index in [0.29, 0.717) is 23.6 Å². The van der Waals surface area contributed by atoms with Gasteiger partial charge in [0.05, 0.1) is 24.4 Å². The Hall–Kier alpha value is -3.70. The van der Waals surface area contributed by atoms with E-state index in [1.165, 1.54) is 106 Å². The van der Waals surface area contributed by atoms with Crippen LogP contribution in [0.4, 0.5) is 5.82 Å². The number of nitrogens with zero attached hydrogens (tertiary/aromatic N) is 7. The average molecular weight is 811 g/mol. The summed E-state index contributed by atoms with van der Waals surface area (Å²) in [5.41, 5.74) is -3.62. The highest BCUT2D eigenvalue weighted by molar-refractivity contribution is 7.47. The molecule has 1 saturated carbocycles. The first-order valence-corrected chi connectivity index (χ1v) is 21.8. The first-order chi connectivity index (χ1) is 27.6. The lowest BCUT2D eigenvalue weighted by Crippen LogP contribution is -2.35. The minimum absolute atomic E-state index is 0.0297. The number of fused-ring (bicyclic) bond motifs is 2. The van der Waals surface area contributed by atoms with Gasteiger partial charge in [0.2, 0.25) is 11.5 Å². The number of hydrogen-bond donors (Lipinski definition) is 3. The molecule has 2 aliphatic rings. The van der Waals surface area contributed by atoms with Crippen LogP contribution in [0, 0.1) is 22.7 Å². The van der Waals surface area contributed by atoms with Crippen molar-refractivity contribution in [2.75, 3.05) is 26.9 Å². The van der Waals surface area contributed by atoms with E-state index in [9.17, 15) is 30.2 Å². The third-order valence-corrected chi connectivity index (χ3v) is 11.6. The Kier molecular flexibility index (Phi) is 16.6. The highest BCUT2D eigenvalue weighted by atomic mass is 31.2. The van der Waals surface area contributed by atoms with E-state index >= 15 is 0 Å². The zero-order chi connectivity index (χ0) is 40.7. The third kappa shape index (κ3) is 11.1. The molecule has 0 spiro atoms. The number of nitriles is 2. The topological polar surface area (TPSA) is 229 Å². The largest absolute Gasteiger partial charge is 0.472 e. The summed E-state index contributed by atoms with van der Waals surface area (Å²) in [6.45, 7) is 2.15. The van der Waals surface area contributed by atoms with E-state index in [4.69, 9.17) is 23.3 Å². The predicted octanol–water partition coefficient (Wildman–Crippen LogP) is 7.30. The molecule has 0 amide bonds. The predicted molar refractivity (Wildman–Crippen MR) is 209 cm³/mol. The standard InChI is InChI=1S/C40H57N7O9P/c1-3-4-5-6-7-8-9-10-11-12-13-14-15-16-17-18-24-52-26-31(54-34-21-19-20-30(25-41)46-34)27-53-57(50,51)56-38-39(28-42)40(38,49)36(48)35(55-39)32-22-23-33-37(43-2)44-29-45-47(32)33/h19-23,29,31,35-36,38,48-49H,3-18,24,26-27H2,1-2H3,(H-,43,44,45,50,51)/q-1/t31-,35+,36+,38?,39-,40-/m1/s1. The molecule has 312 valence electrons. The number of aliphatic hydroxyl groups is 2. The molecule has 2 unspecified atom stereocenters. The van der Waals surface area contributed by atoms with E-state index in [1.54, 1.807) is 25.2 Å². The Morgan fingerprint density at radius 1 is 0.965 bits per heavy atom. The highest BCUT2D eigenvalue weighted by Crippen LogP contribution is 2.68. The maximum Gasteiger partial charge on any atom is 0.472 e. The smallest absolute Gasteiger partial charge is 0.469 e. The van der Waals surface area contributed by atoms with E-state index in [1.807, 2.05) is 12.1 Å². The maximum atomic E-state index is 13.2. The maximum absolute atomic E-state index is 13.2. The van der Waals surface area contributed by atoms with Gasteiger partial charge in [-0.3, -0.25) is 9.05 Å². The molecule has 3 aromatic heterocycles. The van der Waals surface area contributed by atoms with E-state index in [-0.39, 0.29) is 18.2 Å². The second-order valence-corrected chi connectivity index (χ2v) is 16.3. The van der Waals surface area contributed by atoms with Crippen LogP contribution in [0.25, 0.3) is 10.8 Å². The lowest BCUT2D eigenvalue weighted by Gasteiger charge is -2.24. The van der Waals surface area contributed by atoms with Crippen LogP contribution < -0.4 is 4.74 Å². The van der Waals surface area contributed by atoms with Gasteiger partial charge in [-0.05, 0) is 30.4 Å². The Morgan fingerprint density at radius 2 is 1.61 bits per heavy atom. The molecule has 57 heavy (non-hydrogen) atoms. The number of aliphatic hydroxyl groups excluding tert-OH is 1. The van der Waals surface area contributed by atoms with Crippen LogP contribution in [0.2, 0.25) is 0 Å². The van der Waals surface area contributed by atoms with Crippen LogP contribution in [0.5, 0.6) is 5.88 Å². The van der Waals surface area contributed by atoms with Crippen molar-refractivity contribution in [1.29, 1.82) is 10.5 Å². The SMILES string of the molecule is CCCCCCCCCCCCCCCCCCOC[C@H](COP(=O)(O)OC1[C@@]2(C#N)O[C@@H](c3ccc4c([N-]C)ncnn34)[C@H](O)[C@@]12O)Oc1cccc(C#N)n1. The molecule has 3 aromatic rings. The fourth-order valence-electron chi connectivity index (χ4n) is 7.47. The van der Waals surface area contributed by atoms with Crippen molar-refractivity contribution in [3.63, 3.8) is 0 Å². The number of ether oxygens (including phenoxy) is 3. The summed E-state index contributed by atoms with van der Waals surface area (Å²) in [4.78, 5) is 18.9. The number of aromatic nitrogens is 4. The van der Waals surface area contributed by atoms with Crippen LogP contribution in [-0.4, -0.2) is 91.1 Å². The molecule has 1 aliphatic carbocycles. The molecule has 0 aromatic carbocycles. The molecule has 4 heterocycles. The molecule has 2 fully saturated rings. The zero-order valence-electron chi connectivity index (χ0n) is 33.1. The molecule has 17 heteroatoms. The van der Waals surface area contributed by atoms with Crippen molar-refractivity contribution in [3.8, 4) is 18.0 Å². The summed E-state index contributed by atoms with van der Waals surface area (Å²) >= 11 is 0. The van der Waals surface area contributed by atoms with Crippen molar-refractivity contribution in [3.05, 3.63) is 53.4 Å². The normalized spacial score (nSPS) is 24.0. The Bertz CT molecular complexity index is 1850. The molecule has 0 bridgehead atoms. The lowest BCUT2D eigenvalue weighted by atomic mass is 10.0. The van der Waals surface area contributed by atoms with Gasteiger partial charge in [0.15, 0.2) is 11.7 Å². The van der Waals surface area contributed by atoms with Gasteiger partial charge in [0, 0.05) is 19.0 Å². The summed E-state index contributed by atoms with van der Waals surface area (Å²) in [5, 5.41) is 50.3. The van der Waals surface area contributed by atoms with Crippen LogP contribution in [0.1, 0.15) is 127 Å². The molecule has 7 atom stereocenters. The average Bonchev–Trinajstić information content (AvgIpc) is 3.44. The molecule has 1 aliphatic heterocycles. The van der Waals surface area contributed by atoms with Gasteiger partial charge in [0.25, 0.3) is 0 Å². The highest BCUT2D eigenvalue weighted by Gasteiger charge is 2.90. The summed E-state index contributed by atoms with van der Waals surface area (Å²) in [7, 11) is -3.44. The quantitative estimate of drug-likeness (QED) is 0.0483. The summed E-state index contributed by atoms with van der Waals surface area (Å²) in [5.74, 6) is 0.464. The van der Waals surface area contributed by atoms with Gasteiger partial charge in [-0.1, -0.05) is 116 Å². The molecule has 1 saturated heterocycles. The summed E-state index contributed by atoms with van der Waals surface area (Å²) in [6, 6.07) is 11.6.